The smallest absolute Gasteiger partial charge is 0.317 e. The van der Waals surface area contributed by atoms with Crippen LogP contribution in [0.25, 0.3) is 0 Å². The highest BCUT2D eigenvalue weighted by atomic mass is 16.4. The van der Waals surface area contributed by atoms with Gasteiger partial charge in [0, 0.05) is 32.0 Å². The van der Waals surface area contributed by atoms with Gasteiger partial charge in [-0.2, -0.15) is 0 Å². The summed E-state index contributed by atoms with van der Waals surface area (Å²) in [6, 6.07) is 9.29. The highest BCUT2D eigenvalue weighted by Gasteiger charge is 2.26. The van der Waals surface area contributed by atoms with Crippen molar-refractivity contribution in [2.24, 2.45) is 5.92 Å². The van der Waals surface area contributed by atoms with Crippen LogP contribution in [0.3, 0.4) is 0 Å². The van der Waals surface area contributed by atoms with Crippen molar-refractivity contribution in [3.8, 4) is 0 Å². The molecule has 1 saturated carbocycles. The first-order valence-electron chi connectivity index (χ1n) is 9.41. The van der Waals surface area contributed by atoms with Crippen LogP contribution >= 0.6 is 0 Å². The third-order valence-electron chi connectivity index (χ3n) is 5.08. The van der Waals surface area contributed by atoms with E-state index in [1.807, 2.05) is 30.3 Å². The molecule has 6 heteroatoms. The Morgan fingerprint density at radius 2 is 1.92 bits per heavy atom. The molecule has 0 radical (unpaired) electrons. The second kappa shape index (κ2) is 10.2. The fraction of sp³-hybridized carbons (Fsp3) is 0.600. The highest BCUT2D eigenvalue weighted by Crippen LogP contribution is 2.24. The Bertz CT molecular complexity index is 578. The van der Waals surface area contributed by atoms with Gasteiger partial charge in [0.25, 0.3) is 0 Å². The Balaban J connectivity index is 1.91. The van der Waals surface area contributed by atoms with Gasteiger partial charge in [-0.05, 0) is 31.2 Å². The van der Waals surface area contributed by atoms with Crippen LogP contribution in [-0.2, 0) is 11.2 Å². The summed E-state index contributed by atoms with van der Waals surface area (Å²) in [4.78, 5) is 25.1. The Kier molecular flexibility index (Phi) is 7.91. The largest absolute Gasteiger partial charge is 0.481 e. The summed E-state index contributed by atoms with van der Waals surface area (Å²) in [5, 5.41) is 22.0. The molecule has 6 nitrogen and oxygen atoms in total. The standard InChI is InChI=1S/C20H30N2O4/c1-22(14-16-9-5-6-10-18(16)23)20(26)21-17(11-12-19(24)25)13-15-7-3-2-4-8-15/h2-4,7-8,16-18,23H,5-6,9-14H2,1H3,(H,21,26)(H,24,25). The lowest BCUT2D eigenvalue weighted by Crippen LogP contribution is -2.47. The molecule has 144 valence electrons. The number of benzene rings is 1. The quantitative estimate of drug-likeness (QED) is 0.663. The summed E-state index contributed by atoms with van der Waals surface area (Å²) < 4.78 is 0. The van der Waals surface area contributed by atoms with Crippen molar-refractivity contribution in [1.82, 2.24) is 10.2 Å². The number of aliphatic hydroxyl groups excluding tert-OH is 1. The van der Waals surface area contributed by atoms with E-state index in [4.69, 9.17) is 5.11 Å². The monoisotopic (exact) mass is 362 g/mol. The van der Waals surface area contributed by atoms with Gasteiger partial charge < -0.3 is 20.4 Å². The number of hydrogen-bond donors (Lipinski definition) is 3. The van der Waals surface area contributed by atoms with Gasteiger partial charge in [-0.15, -0.1) is 0 Å². The summed E-state index contributed by atoms with van der Waals surface area (Å²) >= 11 is 0. The predicted molar refractivity (Wildman–Crippen MR) is 99.9 cm³/mol. The first-order chi connectivity index (χ1) is 12.5. The van der Waals surface area contributed by atoms with Crippen molar-refractivity contribution in [2.75, 3.05) is 13.6 Å². The van der Waals surface area contributed by atoms with Crippen LogP contribution < -0.4 is 5.32 Å². The second-order valence-electron chi connectivity index (χ2n) is 7.26. The van der Waals surface area contributed by atoms with E-state index in [2.05, 4.69) is 5.32 Å². The summed E-state index contributed by atoms with van der Waals surface area (Å²) in [7, 11) is 1.73. The number of aliphatic carboxylic acids is 1. The zero-order chi connectivity index (χ0) is 18.9. The Labute approximate surface area is 155 Å². The molecule has 1 aromatic carbocycles. The van der Waals surface area contributed by atoms with E-state index in [1.54, 1.807) is 11.9 Å². The molecule has 2 amide bonds. The maximum absolute atomic E-state index is 12.6. The number of carboxylic acid groups (broad SMARTS) is 1. The van der Waals surface area contributed by atoms with Crippen LogP contribution in [-0.4, -0.2) is 52.9 Å². The van der Waals surface area contributed by atoms with E-state index in [0.717, 1.165) is 31.2 Å². The zero-order valence-corrected chi connectivity index (χ0v) is 15.4. The van der Waals surface area contributed by atoms with Crippen molar-refractivity contribution in [2.45, 2.75) is 57.1 Å². The van der Waals surface area contributed by atoms with Crippen molar-refractivity contribution in [1.29, 1.82) is 0 Å². The molecule has 3 atom stereocenters. The summed E-state index contributed by atoms with van der Waals surface area (Å²) in [6.45, 7) is 0.518. The van der Waals surface area contributed by atoms with Crippen molar-refractivity contribution in [3.05, 3.63) is 35.9 Å². The fourth-order valence-electron chi connectivity index (χ4n) is 3.54. The van der Waals surface area contributed by atoms with Gasteiger partial charge in [0.2, 0.25) is 0 Å². The minimum atomic E-state index is -0.865. The number of aliphatic hydroxyl groups is 1. The first-order valence-corrected chi connectivity index (χ1v) is 9.41. The number of urea groups is 1. The van der Waals surface area contributed by atoms with Gasteiger partial charge in [-0.25, -0.2) is 4.79 Å². The van der Waals surface area contributed by atoms with Crippen molar-refractivity contribution < 1.29 is 19.8 Å². The summed E-state index contributed by atoms with van der Waals surface area (Å²) in [5.41, 5.74) is 1.06. The van der Waals surface area contributed by atoms with Crippen LogP contribution in [0.4, 0.5) is 4.79 Å². The molecular weight excluding hydrogens is 332 g/mol. The molecule has 26 heavy (non-hydrogen) atoms. The van der Waals surface area contributed by atoms with Crippen molar-refractivity contribution in [3.63, 3.8) is 0 Å². The number of rotatable bonds is 8. The van der Waals surface area contributed by atoms with Crippen LogP contribution in [0.2, 0.25) is 0 Å². The van der Waals surface area contributed by atoms with E-state index in [0.29, 0.717) is 19.4 Å². The molecule has 1 fully saturated rings. The minimum Gasteiger partial charge on any atom is -0.481 e. The molecule has 0 aromatic heterocycles. The molecule has 0 heterocycles. The van der Waals surface area contributed by atoms with Gasteiger partial charge in [0.15, 0.2) is 0 Å². The molecule has 2 rings (SSSR count). The summed E-state index contributed by atoms with van der Waals surface area (Å²) in [6.07, 6.45) is 4.53. The predicted octanol–water partition coefficient (Wildman–Crippen LogP) is 2.66. The van der Waals surface area contributed by atoms with Crippen molar-refractivity contribution >= 4 is 12.0 Å². The molecule has 3 unspecified atom stereocenters. The Hall–Kier alpha value is -2.08. The molecule has 0 aliphatic heterocycles. The minimum absolute atomic E-state index is 0.0167. The zero-order valence-electron chi connectivity index (χ0n) is 15.4. The van der Waals surface area contributed by atoms with Gasteiger partial charge >= 0.3 is 12.0 Å². The average molecular weight is 362 g/mol. The lowest BCUT2D eigenvalue weighted by atomic mass is 9.86. The third kappa shape index (κ3) is 6.67. The molecule has 1 aliphatic carbocycles. The molecule has 0 saturated heterocycles. The van der Waals surface area contributed by atoms with Gasteiger partial charge in [-0.1, -0.05) is 43.2 Å². The average Bonchev–Trinajstić information content (AvgIpc) is 2.62. The molecule has 0 spiro atoms. The van der Waals surface area contributed by atoms with Gasteiger partial charge in [0.1, 0.15) is 0 Å². The SMILES string of the molecule is CN(CC1CCCCC1O)C(=O)NC(CCC(=O)O)Cc1ccccc1. The number of hydrogen-bond acceptors (Lipinski definition) is 3. The number of amides is 2. The van der Waals surface area contributed by atoms with Crippen LogP contribution in [0.1, 0.15) is 44.1 Å². The fourth-order valence-corrected chi connectivity index (χ4v) is 3.54. The molecule has 1 aromatic rings. The van der Waals surface area contributed by atoms with Crippen LogP contribution in [0.5, 0.6) is 0 Å². The van der Waals surface area contributed by atoms with Crippen LogP contribution in [0.15, 0.2) is 30.3 Å². The maximum Gasteiger partial charge on any atom is 0.317 e. The molecule has 1 aliphatic rings. The number of nitrogens with one attached hydrogen (secondary N) is 1. The van der Waals surface area contributed by atoms with E-state index in [1.165, 1.54) is 0 Å². The van der Waals surface area contributed by atoms with E-state index in [9.17, 15) is 14.7 Å². The van der Waals surface area contributed by atoms with Gasteiger partial charge in [-0.3, -0.25) is 4.79 Å². The highest BCUT2D eigenvalue weighted by molar-refractivity contribution is 5.74. The first kappa shape index (κ1) is 20.2. The number of carbonyl (C=O) groups excluding carboxylic acids is 1. The topological polar surface area (TPSA) is 89.9 Å². The number of carboxylic acids is 1. The van der Waals surface area contributed by atoms with E-state index >= 15 is 0 Å². The Morgan fingerprint density at radius 3 is 2.58 bits per heavy atom. The number of nitrogens with zero attached hydrogens (tertiary/aromatic N) is 1. The summed E-state index contributed by atoms with van der Waals surface area (Å²) in [5.74, 6) is -0.748. The number of carbonyl (C=O) groups is 2. The second-order valence-corrected chi connectivity index (χ2v) is 7.26. The third-order valence-corrected chi connectivity index (χ3v) is 5.08. The normalized spacial score (nSPS) is 21.0. The van der Waals surface area contributed by atoms with E-state index < -0.39 is 5.97 Å². The molecule has 0 bridgehead atoms. The van der Waals surface area contributed by atoms with Crippen LogP contribution in [0, 0.1) is 5.92 Å². The lowest BCUT2D eigenvalue weighted by Gasteiger charge is -2.32. The maximum atomic E-state index is 12.6. The molecular formula is C20H30N2O4. The Morgan fingerprint density at radius 1 is 1.23 bits per heavy atom. The lowest BCUT2D eigenvalue weighted by molar-refractivity contribution is -0.137. The molecule has 3 N–H and O–H groups in total. The van der Waals surface area contributed by atoms with Gasteiger partial charge in [0.05, 0.1) is 6.10 Å². The van der Waals surface area contributed by atoms with E-state index in [-0.39, 0.29) is 30.5 Å².